The van der Waals surface area contributed by atoms with Crippen LogP contribution in [-0.4, -0.2) is 20.0 Å². The fourth-order valence-electron chi connectivity index (χ4n) is 3.99. The number of ketones is 1. The molecule has 0 amide bonds. The molecule has 4 aromatic rings. The second-order valence-corrected chi connectivity index (χ2v) is 9.70. The van der Waals surface area contributed by atoms with E-state index in [0.717, 1.165) is 33.0 Å². The van der Waals surface area contributed by atoms with E-state index in [0.29, 0.717) is 11.1 Å². The van der Waals surface area contributed by atoms with Gasteiger partial charge in [0.15, 0.2) is 5.78 Å². The number of methoxy groups -OCH3 is 2. The van der Waals surface area contributed by atoms with Gasteiger partial charge in [-0.05, 0) is 82.9 Å². The molecule has 0 saturated carbocycles. The van der Waals surface area contributed by atoms with Crippen LogP contribution in [0.5, 0.6) is 11.5 Å². The van der Waals surface area contributed by atoms with Gasteiger partial charge in [-0.1, -0.05) is 36.4 Å². The monoisotopic (exact) mass is 466 g/mol. The van der Waals surface area contributed by atoms with E-state index in [1.807, 2.05) is 72.8 Å². The second-order valence-electron chi connectivity index (χ2n) is 8.19. The Labute approximate surface area is 197 Å². The minimum atomic E-state index is -1.31. The molecule has 2 atom stereocenters. The second kappa shape index (κ2) is 8.31. The Balaban J connectivity index is 1.71. The van der Waals surface area contributed by atoms with Crippen LogP contribution in [0.25, 0.3) is 21.5 Å². The highest BCUT2D eigenvalue weighted by Crippen LogP contribution is 2.42. The molecular formula is C27H24Cl2O3. The van der Waals surface area contributed by atoms with E-state index in [1.165, 1.54) is 0 Å². The zero-order chi connectivity index (χ0) is 23.1. The third-order valence-electron chi connectivity index (χ3n) is 6.03. The van der Waals surface area contributed by atoms with E-state index < -0.39 is 9.75 Å². The Morgan fingerprint density at radius 3 is 1.34 bits per heavy atom. The van der Waals surface area contributed by atoms with Crippen LogP contribution in [-0.2, 0) is 14.5 Å². The molecule has 0 aliphatic rings. The summed E-state index contributed by atoms with van der Waals surface area (Å²) in [5.74, 6) is 1.27. The number of benzene rings is 4. The van der Waals surface area contributed by atoms with Crippen molar-refractivity contribution in [2.45, 2.75) is 23.6 Å². The molecule has 5 heteroatoms. The van der Waals surface area contributed by atoms with Gasteiger partial charge >= 0.3 is 0 Å². The molecule has 4 aromatic carbocycles. The smallest absolute Gasteiger partial charge is 0.182 e. The summed E-state index contributed by atoms with van der Waals surface area (Å²) in [7, 11) is 3.27. The highest BCUT2D eigenvalue weighted by atomic mass is 35.5. The zero-order valence-electron chi connectivity index (χ0n) is 18.4. The third kappa shape index (κ3) is 3.92. The molecule has 3 nitrogen and oxygen atoms in total. The summed E-state index contributed by atoms with van der Waals surface area (Å²) in [6, 6.07) is 23.0. The van der Waals surface area contributed by atoms with Crippen molar-refractivity contribution in [3.63, 3.8) is 0 Å². The molecule has 0 aromatic heterocycles. The van der Waals surface area contributed by atoms with Gasteiger partial charge in [-0.3, -0.25) is 4.79 Å². The summed E-state index contributed by atoms with van der Waals surface area (Å²) in [5.41, 5.74) is 1.39. The topological polar surface area (TPSA) is 35.5 Å². The normalized spacial score (nSPS) is 15.2. The van der Waals surface area contributed by atoms with Gasteiger partial charge in [-0.15, -0.1) is 23.2 Å². The molecule has 2 unspecified atom stereocenters. The van der Waals surface area contributed by atoms with E-state index in [1.54, 1.807) is 28.1 Å². The number of halogens is 2. The van der Waals surface area contributed by atoms with E-state index in [2.05, 4.69) is 0 Å². The van der Waals surface area contributed by atoms with Crippen molar-refractivity contribution in [2.75, 3.05) is 14.2 Å². The average molecular weight is 467 g/mol. The Bertz CT molecular complexity index is 1220. The standard InChI is InChI=1S/C27H24Cl2O3/c1-26(28,21-9-5-19-15-23(31-3)11-7-17(19)13-21)25(30)27(2,29)22-10-6-20-16-24(32-4)12-8-18(20)14-22/h5-16H,1-4H3. The molecule has 0 aliphatic carbocycles. The SMILES string of the molecule is COc1ccc2cc(C(C)(Cl)C(=O)C(C)(Cl)c3ccc4cc(OC)ccc4c3)ccc2c1. The number of alkyl halides is 2. The van der Waals surface area contributed by atoms with Gasteiger partial charge in [-0.2, -0.15) is 0 Å². The molecule has 0 spiro atoms. The lowest BCUT2D eigenvalue weighted by Crippen LogP contribution is -2.39. The van der Waals surface area contributed by atoms with Crippen LogP contribution in [0.15, 0.2) is 72.8 Å². The fraction of sp³-hybridized carbons (Fsp3) is 0.222. The van der Waals surface area contributed by atoms with Gasteiger partial charge < -0.3 is 9.47 Å². The van der Waals surface area contributed by atoms with Crippen molar-refractivity contribution < 1.29 is 14.3 Å². The van der Waals surface area contributed by atoms with E-state index in [-0.39, 0.29) is 5.78 Å². The van der Waals surface area contributed by atoms with Gasteiger partial charge in [0.05, 0.1) is 14.2 Å². The van der Waals surface area contributed by atoms with Gasteiger partial charge in [0, 0.05) is 0 Å². The molecule has 0 saturated heterocycles. The number of carbonyl (C=O) groups is 1. The first-order valence-electron chi connectivity index (χ1n) is 10.3. The lowest BCUT2D eigenvalue weighted by atomic mass is 9.83. The number of hydrogen-bond donors (Lipinski definition) is 0. The maximum atomic E-state index is 13.7. The summed E-state index contributed by atoms with van der Waals surface area (Å²) < 4.78 is 10.6. The Hall–Kier alpha value is -2.75. The molecule has 4 rings (SSSR count). The van der Waals surface area contributed by atoms with Crippen LogP contribution in [0.2, 0.25) is 0 Å². The Morgan fingerprint density at radius 1 is 0.625 bits per heavy atom. The highest BCUT2D eigenvalue weighted by Gasteiger charge is 2.45. The number of carbonyl (C=O) groups excluding carboxylic acids is 1. The highest BCUT2D eigenvalue weighted by molar-refractivity contribution is 6.44. The molecule has 0 radical (unpaired) electrons. The van der Waals surface area contributed by atoms with Crippen molar-refractivity contribution in [1.82, 2.24) is 0 Å². The minimum absolute atomic E-state index is 0.283. The van der Waals surface area contributed by atoms with Crippen LogP contribution in [0.4, 0.5) is 0 Å². The fourth-order valence-corrected chi connectivity index (χ4v) is 4.65. The van der Waals surface area contributed by atoms with Crippen LogP contribution in [0, 0.1) is 0 Å². The van der Waals surface area contributed by atoms with Gasteiger partial charge in [0.1, 0.15) is 21.2 Å². The van der Waals surface area contributed by atoms with Crippen molar-refractivity contribution >= 4 is 50.5 Å². The molecule has 0 heterocycles. The summed E-state index contributed by atoms with van der Waals surface area (Å²) in [5, 5.41) is 3.95. The summed E-state index contributed by atoms with van der Waals surface area (Å²) >= 11 is 13.8. The number of rotatable bonds is 6. The first-order valence-corrected chi connectivity index (χ1v) is 11.0. The van der Waals surface area contributed by atoms with Crippen molar-refractivity contribution in [3.8, 4) is 11.5 Å². The van der Waals surface area contributed by atoms with Crippen LogP contribution < -0.4 is 9.47 Å². The van der Waals surface area contributed by atoms with Gasteiger partial charge in [0.25, 0.3) is 0 Å². The molecular weight excluding hydrogens is 443 g/mol. The van der Waals surface area contributed by atoms with Crippen LogP contribution >= 0.6 is 23.2 Å². The van der Waals surface area contributed by atoms with E-state index >= 15 is 0 Å². The van der Waals surface area contributed by atoms with Gasteiger partial charge in [0.2, 0.25) is 0 Å². The van der Waals surface area contributed by atoms with Crippen molar-refractivity contribution in [2.24, 2.45) is 0 Å². The molecule has 32 heavy (non-hydrogen) atoms. The maximum Gasteiger partial charge on any atom is 0.182 e. The Kier molecular flexibility index (Phi) is 5.83. The Morgan fingerprint density at radius 2 is 0.969 bits per heavy atom. The van der Waals surface area contributed by atoms with Gasteiger partial charge in [-0.25, -0.2) is 0 Å². The average Bonchev–Trinajstić information content (AvgIpc) is 2.81. The molecule has 0 N–H and O–H groups in total. The van der Waals surface area contributed by atoms with Crippen molar-refractivity contribution in [3.05, 3.63) is 83.9 Å². The largest absolute Gasteiger partial charge is 0.497 e. The zero-order valence-corrected chi connectivity index (χ0v) is 19.9. The summed E-state index contributed by atoms with van der Waals surface area (Å²) in [6.45, 7) is 3.41. The van der Waals surface area contributed by atoms with E-state index in [4.69, 9.17) is 32.7 Å². The predicted molar refractivity (Wildman–Crippen MR) is 132 cm³/mol. The lowest BCUT2D eigenvalue weighted by molar-refractivity contribution is -0.123. The summed E-state index contributed by atoms with van der Waals surface area (Å²) in [6.07, 6.45) is 0. The minimum Gasteiger partial charge on any atom is -0.497 e. The first kappa shape index (κ1) is 22.4. The van der Waals surface area contributed by atoms with E-state index in [9.17, 15) is 4.79 Å². The first-order chi connectivity index (χ1) is 15.2. The molecule has 0 fully saturated rings. The van der Waals surface area contributed by atoms with Crippen molar-refractivity contribution in [1.29, 1.82) is 0 Å². The predicted octanol–water partition coefficient (Wildman–Crippen LogP) is 7.19. The number of ether oxygens (including phenoxy) is 2. The quantitative estimate of drug-likeness (QED) is 0.282. The number of Topliss-reactive ketones (excluding diaryl/α,β-unsaturated/α-hetero) is 1. The third-order valence-corrected chi connectivity index (χ3v) is 6.81. The lowest BCUT2D eigenvalue weighted by Gasteiger charge is -2.31. The van der Waals surface area contributed by atoms with Crippen LogP contribution in [0.1, 0.15) is 25.0 Å². The molecule has 0 aliphatic heterocycles. The number of fused-ring (bicyclic) bond motifs is 2. The maximum absolute atomic E-state index is 13.7. The molecule has 164 valence electrons. The summed E-state index contributed by atoms with van der Waals surface area (Å²) in [4.78, 5) is 11.0. The molecule has 0 bridgehead atoms. The van der Waals surface area contributed by atoms with Crippen LogP contribution in [0.3, 0.4) is 0 Å². The number of hydrogen-bond acceptors (Lipinski definition) is 3.